The van der Waals surface area contributed by atoms with E-state index in [1.54, 1.807) is 0 Å². The van der Waals surface area contributed by atoms with E-state index < -0.39 is 0 Å². The number of allylic oxidation sites excluding steroid dienone is 1. The van der Waals surface area contributed by atoms with Gasteiger partial charge in [-0.05, 0) is 80.9 Å². The molecule has 3 aliphatic rings. The molecule has 1 nitrogen and oxygen atoms in total. The van der Waals surface area contributed by atoms with E-state index >= 15 is 0 Å². The van der Waals surface area contributed by atoms with Crippen LogP contribution >= 0.6 is 11.8 Å². The van der Waals surface area contributed by atoms with Crippen LogP contribution in [0.25, 0.3) is 28.0 Å². The lowest BCUT2D eigenvalue weighted by atomic mass is 9.82. The molecule has 0 unspecified atom stereocenters. The molecule has 0 radical (unpaired) electrons. The minimum Gasteiger partial charge on any atom is -0.308 e. The molecule has 5 aromatic carbocycles. The molecule has 0 saturated heterocycles. The predicted octanol–water partition coefficient (Wildman–Crippen LogP) is 9.65. The van der Waals surface area contributed by atoms with Crippen LogP contribution in [0, 0.1) is 0 Å². The fraction of sp³-hybridized carbons (Fsp3) is 0.118. The maximum Gasteiger partial charge on any atom is 0.0610 e. The van der Waals surface area contributed by atoms with Crippen LogP contribution < -0.4 is 4.90 Å². The smallest absolute Gasteiger partial charge is 0.0610 e. The predicted molar refractivity (Wildman–Crippen MR) is 153 cm³/mol. The maximum absolute atomic E-state index is 2.50. The Morgan fingerprint density at radius 2 is 1.58 bits per heavy atom. The Morgan fingerprint density at radius 3 is 2.53 bits per heavy atom. The molecule has 1 aliphatic heterocycles. The zero-order chi connectivity index (χ0) is 24.0. The summed E-state index contributed by atoms with van der Waals surface area (Å²) in [6.45, 7) is 4.72. The summed E-state index contributed by atoms with van der Waals surface area (Å²) in [5.41, 5.74) is 12.1. The summed E-state index contributed by atoms with van der Waals surface area (Å²) in [4.78, 5) is 5.21. The SMILES string of the molecule is CC1(C)c2ccccc2-c2ccc(N3c4ccccc4Sc4c3cc3cccc5c3c4CC=C5)cc21. The molecule has 1 heterocycles. The van der Waals surface area contributed by atoms with Gasteiger partial charge < -0.3 is 4.90 Å². The summed E-state index contributed by atoms with van der Waals surface area (Å²) in [6.07, 6.45) is 5.57. The van der Waals surface area contributed by atoms with E-state index in [1.165, 1.54) is 71.0 Å². The molecule has 0 fully saturated rings. The molecule has 2 heteroatoms. The summed E-state index contributed by atoms with van der Waals surface area (Å²) in [7, 11) is 0. The maximum atomic E-state index is 2.50. The zero-order valence-electron chi connectivity index (χ0n) is 20.4. The lowest BCUT2D eigenvalue weighted by Crippen LogP contribution is -2.18. The van der Waals surface area contributed by atoms with Crippen molar-refractivity contribution in [1.82, 2.24) is 0 Å². The Hall–Kier alpha value is -3.75. The molecule has 8 rings (SSSR count). The van der Waals surface area contributed by atoms with Crippen LogP contribution in [-0.4, -0.2) is 0 Å². The molecule has 0 N–H and O–H groups in total. The van der Waals surface area contributed by atoms with E-state index in [1.807, 2.05) is 11.8 Å². The summed E-state index contributed by atoms with van der Waals surface area (Å²) in [6, 6.07) is 34.0. The van der Waals surface area contributed by atoms with Gasteiger partial charge in [0, 0.05) is 20.9 Å². The highest BCUT2D eigenvalue weighted by Crippen LogP contribution is 2.56. The summed E-state index contributed by atoms with van der Waals surface area (Å²) in [5.74, 6) is 0. The lowest BCUT2D eigenvalue weighted by molar-refractivity contribution is 0.660. The van der Waals surface area contributed by atoms with Crippen molar-refractivity contribution in [3.63, 3.8) is 0 Å². The molecule has 0 aromatic heterocycles. The molecule has 0 spiro atoms. The number of hydrogen-bond donors (Lipinski definition) is 0. The third kappa shape index (κ3) is 2.63. The highest BCUT2D eigenvalue weighted by Gasteiger charge is 2.36. The normalized spacial score (nSPS) is 15.9. The average Bonchev–Trinajstić information content (AvgIpc) is 3.14. The van der Waals surface area contributed by atoms with E-state index in [0.717, 1.165) is 6.42 Å². The quantitative estimate of drug-likeness (QED) is 0.231. The molecule has 0 atom stereocenters. The number of benzene rings is 5. The van der Waals surface area contributed by atoms with Crippen molar-refractivity contribution in [2.24, 2.45) is 0 Å². The zero-order valence-corrected chi connectivity index (χ0v) is 21.2. The first-order chi connectivity index (χ1) is 17.6. The Labute approximate surface area is 216 Å². The second-order valence-corrected chi connectivity index (χ2v) is 11.6. The molecule has 36 heavy (non-hydrogen) atoms. The summed E-state index contributed by atoms with van der Waals surface area (Å²) < 4.78 is 0. The van der Waals surface area contributed by atoms with Gasteiger partial charge >= 0.3 is 0 Å². The fourth-order valence-corrected chi connectivity index (χ4v) is 7.73. The summed E-state index contributed by atoms with van der Waals surface area (Å²) >= 11 is 1.93. The van der Waals surface area contributed by atoms with Crippen molar-refractivity contribution in [3.8, 4) is 11.1 Å². The highest BCUT2D eigenvalue weighted by atomic mass is 32.2. The number of para-hydroxylation sites is 1. The molecule has 5 aromatic rings. The van der Waals surface area contributed by atoms with Crippen LogP contribution in [-0.2, 0) is 11.8 Å². The minimum atomic E-state index is -0.0239. The number of rotatable bonds is 1. The lowest BCUT2D eigenvalue weighted by Gasteiger charge is -2.35. The van der Waals surface area contributed by atoms with Crippen LogP contribution in [0.1, 0.15) is 36.1 Å². The average molecular weight is 480 g/mol. The van der Waals surface area contributed by atoms with Crippen LogP contribution in [0.2, 0.25) is 0 Å². The third-order valence-electron chi connectivity index (χ3n) is 8.23. The molecular weight excluding hydrogens is 454 g/mol. The van der Waals surface area contributed by atoms with Crippen LogP contribution in [0.15, 0.2) is 107 Å². The van der Waals surface area contributed by atoms with Gasteiger partial charge in [0.05, 0.1) is 11.4 Å². The Kier molecular flexibility index (Phi) is 4.06. The summed E-state index contributed by atoms with van der Waals surface area (Å²) in [5, 5.41) is 2.74. The Balaban J connectivity index is 1.40. The first-order valence-corrected chi connectivity index (χ1v) is 13.5. The second-order valence-electron chi connectivity index (χ2n) is 10.6. The second kappa shape index (κ2) is 7.15. The van der Waals surface area contributed by atoms with E-state index in [-0.39, 0.29) is 5.41 Å². The molecule has 0 bridgehead atoms. The van der Waals surface area contributed by atoms with Crippen molar-refractivity contribution >= 4 is 45.7 Å². The van der Waals surface area contributed by atoms with Gasteiger partial charge in [0.25, 0.3) is 0 Å². The van der Waals surface area contributed by atoms with Crippen molar-refractivity contribution in [2.75, 3.05) is 4.90 Å². The first kappa shape index (κ1) is 20.4. The van der Waals surface area contributed by atoms with Gasteiger partial charge in [-0.3, -0.25) is 0 Å². The Bertz CT molecular complexity index is 1770. The molecule has 172 valence electrons. The van der Waals surface area contributed by atoms with Gasteiger partial charge in [-0.1, -0.05) is 98.4 Å². The van der Waals surface area contributed by atoms with Gasteiger partial charge in [-0.2, -0.15) is 0 Å². The van der Waals surface area contributed by atoms with E-state index in [4.69, 9.17) is 0 Å². The van der Waals surface area contributed by atoms with Crippen LogP contribution in [0.5, 0.6) is 0 Å². The highest BCUT2D eigenvalue weighted by molar-refractivity contribution is 7.99. The topological polar surface area (TPSA) is 3.24 Å². The van der Waals surface area contributed by atoms with Gasteiger partial charge in [0.15, 0.2) is 0 Å². The fourth-order valence-electron chi connectivity index (χ4n) is 6.53. The number of hydrogen-bond acceptors (Lipinski definition) is 2. The number of nitrogens with zero attached hydrogens (tertiary/aromatic N) is 1. The van der Waals surface area contributed by atoms with Gasteiger partial charge in [-0.15, -0.1) is 0 Å². The van der Waals surface area contributed by atoms with Gasteiger partial charge in [0.2, 0.25) is 0 Å². The standard InChI is InChI=1S/C34H25NS/c1-34(2)27-14-4-3-12-24(27)25-18-17-23(20-28(25)34)35-29-15-5-6-16-31(29)36-33-26-13-8-10-21-9-7-11-22(32(21)26)19-30(33)35/h3-12,14-20H,13H2,1-2H3. The van der Waals surface area contributed by atoms with Crippen LogP contribution in [0.4, 0.5) is 17.1 Å². The Morgan fingerprint density at radius 1 is 0.750 bits per heavy atom. The van der Waals surface area contributed by atoms with Gasteiger partial charge in [-0.25, -0.2) is 0 Å². The molecule has 0 amide bonds. The third-order valence-corrected chi connectivity index (χ3v) is 9.46. The molecular formula is C34H25NS. The number of anilines is 3. The molecule has 2 aliphatic carbocycles. The minimum absolute atomic E-state index is 0.0239. The molecule has 0 saturated carbocycles. The van der Waals surface area contributed by atoms with E-state index in [9.17, 15) is 0 Å². The first-order valence-electron chi connectivity index (χ1n) is 12.7. The monoisotopic (exact) mass is 479 g/mol. The van der Waals surface area contributed by atoms with Crippen molar-refractivity contribution in [2.45, 2.75) is 35.5 Å². The van der Waals surface area contributed by atoms with Crippen LogP contribution in [0.3, 0.4) is 0 Å². The van der Waals surface area contributed by atoms with Crippen molar-refractivity contribution < 1.29 is 0 Å². The largest absolute Gasteiger partial charge is 0.308 e. The number of fused-ring (bicyclic) bond motifs is 6. The van der Waals surface area contributed by atoms with Crippen molar-refractivity contribution in [1.29, 1.82) is 0 Å². The van der Waals surface area contributed by atoms with Crippen molar-refractivity contribution in [3.05, 3.63) is 119 Å². The van der Waals surface area contributed by atoms with E-state index in [2.05, 4.69) is 122 Å². The van der Waals surface area contributed by atoms with Gasteiger partial charge in [0.1, 0.15) is 0 Å². The van der Waals surface area contributed by atoms with E-state index in [0.29, 0.717) is 0 Å².